The molecule has 0 bridgehead atoms. The number of fused-ring (bicyclic) bond motifs is 1. The van der Waals surface area contributed by atoms with Gasteiger partial charge in [-0.1, -0.05) is 18.2 Å². The molecule has 1 aromatic heterocycles. The Morgan fingerprint density at radius 2 is 1.94 bits per heavy atom. The molecule has 0 unspecified atom stereocenters. The summed E-state index contributed by atoms with van der Waals surface area (Å²) in [5.41, 5.74) is 5.52. The van der Waals surface area contributed by atoms with Crippen molar-refractivity contribution in [3.63, 3.8) is 0 Å². The summed E-state index contributed by atoms with van der Waals surface area (Å²) in [6, 6.07) is 17.4. The van der Waals surface area contributed by atoms with Gasteiger partial charge >= 0.3 is 0 Å². The minimum absolute atomic E-state index is 0.127. The van der Waals surface area contributed by atoms with Crippen LogP contribution in [0.3, 0.4) is 0 Å². The topological polar surface area (TPSA) is 109 Å². The van der Waals surface area contributed by atoms with E-state index in [1.54, 1.807) is 61.7 Å². The van der Waals surface area contributed by atoms with E-state index in [9.17, 15) is 9.90 Å². The number of para-hydroxylation sites is 2. The van der Waals surface area contributed by atoms with Crippen LogP contribution < -0.4 is 14.9 Å². The number of hydrazone groups is 1. The molecule has 3 N–H and O–H groups in total. The van der Waals surface area contributed by atoms with Crippen molar-refractivity contribution in [2.75, 3.05) is 14.2 Å². The lowest BCUT2D eigenvalue weighted by Crippen LogP contribution is -2.17. The van der Waals surface area contributed by atoms with Crippen LogP contribution in [0.2, 0.25) is 0 Å². The van der Waals surface area contributed by atoms with Crippen LogP contribution in [0, 0.1) is 0 Å². The minimum atomic E-state index is -0.376. The van der Waals surface area contributed by atoms with Gasteiger partial charge in [0.1, 0.15) is 11.6 Å². The lowest BCUT2D eigenvalue weighted by atomic mass is 10.2. The van der Waals surface area contributed by atoms with Crippen LogP contribution in [0.4, 0.5) is 0 Å². The number of amides is 1. The summed E-state index contributed by atoms with van der Waals surface area (Å²) in [5.74, 6) is 1.37. The normalized spacial score (nSPS) is 11.0. The van der Waals surface area contributed by atoms with Crippen LogP contribution in [-0.4, -0.2) is 41.4 Å². The predicted octanol–water partition coefficient (Wildman–Crippen LogP) is 3.72. The first-order valence-corrected chi connectivity index (χ1v) is 9.43. The number of nitrogens with zero attached hydrogens (tertiary/aromatic N) is 2. The molecular weight excluding hydrogens is 396 g/mol. The number of hydrogen-bond acceptors (Lipinski definition) is 6. The van der Waals surface area contributed by atoms with Gasteiger partial charge in [0, 0.05) is 11.1 Å². The molecule has 0 saturated heterocycles. The van der Waals surface area contributed by atoms with Gasteiger partial charge in [0.2, 0.25) is 0 Å². The van der Waals surface area contributed by atoms with Gasteiger partial charge in [-0.15, -0.1) is 0 Å². The summed E-state index contributed by atoms with van der Waals surface area (Å²) in [6.07, 6.45) is 1.49. The van der Waals surface area contributed by atoms with Crippen LogP contribution >= 0.6 is 0 Å². The van der Waals surface area contributed by atoms with E-state index in [0.717, 1.165) is 0 Å². The predicted molar refractivity (Wildman–Crippen MR) is 118 cm³/mol. The van der Waals surface area contributed by atoms with Gasteiger partial charge in [-0.2, -0.15) is 5.10 Å². The number of phenolic OH excluding ortho intramolecular Hbond substituents is 1. The van der Waals surface area contributed by atoms with Crippen molar-refractivity contribution in [3.8, 4) is 28.6 Å². The van der Waals surface area contributed by atoms with Gasteiger partial charge < -0.3 is 19.6 Å². The van der Waals surface area contributed by atoms with Gasteiger partial charge in [0.15, 0.2) is 11.5 Å². The van der Waals surface area contributed by atoms with E-state index in [0.29, 0.717) is 45.0 Å². The second kappa shape index (κ2) is 8.58. The third-order valence-electron chi connectivity index (χ3n) is 4.71. The highest BCUT2D eigenvalue weighted by Gasteiger charge is 2.12. The largest absolute Gasteiger partial charge is 0.507 e. The second-order valence-corrected chi connectivity index (χ2v) is 6.62. The van der Waals surface area contributed by atoms with E-state index in [4.69, 9.17) is 9.47 Å². The molecule has 4 aromatic rings. The van der Waals surface area contributed by atoms with E-state index in [1.807, 2.05) is 6.07 Å². The molecular formula is C23H20N4O4. The highest BCUT2D eigenvalue weighted by molar-refractivity contribution is 5.98. The summed E-state index contributed by atoms with van der Waals surface area (Å²) >= 11 is 0. The zero-order valence-electron chi connectivity index (χ0n) is 16.9. The summed E-state index contributed by atoms with van der Waals surface area (Å²) in [7, 11) is 3.09. The maximum atomic E-state index is 12.5. The van der Waals surface area contributed by atoms with Gasteiger partial charge in [-0.05, 0) is 42.5 Å². The van der Waals surface area contributed by atoms with Crippen molar-refractivity contribution in [2.45, 2.75) is 0 Å². The molecule has 156 valence electrons. The van der Waals surface area contributed by atoms with Gasteiger partial charge in [0.05, 0.1) is 37.0 Å². The minimum Gasteiger partial charge on any atom is -0.507 e. The van der Waals surface area contributed by atoms with Gasteiger partial charge in [0.25, 0.3) is 5.91 Å². The first-order valence-electron chi connectivity index (χ1n) is 9.43. The standard InChI is InChI=1S/C23H20N4O4/c1-30-20-9-5-6-15(21(20)31-2)13-24-27-23(29)14-10-11-17-18(12-14)26-22(25-17)16-7-3-4-8-19(16)28/h3-13,28H,1-2H3,(H,25,26)(H,27,29)/b24-13+. The summed E-state index contributed by atoms with van der Waals surface area (Å²) < 4.78 is 10.6. The van der Waals surface area contributed by atoms with Gasteiger partial charge in [-0.25, -0.2) is 10.4 Å². The molecule has 0 aliphatic heterocycles. The number of phenols is 1. The van der Waals surface area contributed by atoms with E-state index in [2.05, 4.69) is 20.5 Å². The number of carbonyl (C=O) groups excluding carboxylic acids is 1. The number of aromatic hydroxyl groups is 1. The molecule has 0 atom stereocenters. The molecule has 3 aromatic carbocycles. The molecule has 1 heterocycles. The molecule has 1 amide bonds. The number of carbonyl (C=O) groups is 1. The van der Waals surface area contributed by atoms with E-state index in [1.165, 1.54) is 13.3 Å². The number of methoxy groups -OCH3 is 2. The first kappa shape index (κ1) is 20.0. The summed E-state index contributed by atoms with van der Waals surface area (Å²) in [5, 5.41) is 14.1. The number of benzene rings is 3. The van der Waals surface area contributed by atoms with Crippen molar-refractivity contribution in [1.29, 1.82) is 0 Å². The highest BCUT2D eigenvalue weighted by atomic mass is 16.5. The Hall–Kier alpha value is -4.33. The van der Waals surface area contributed by atoms with Crippen LogP contribution in [0.15, 0.2) is 65.8 Å². The number of imidazole rings is 1. The Kier molecular flexibility index (Phi) is 5.53. The Bertz CT molecular complexity index is 1280. The SMILES string of the molecule is COc1cccc(/C=N/NC(=O)c2ccc3nc(-c4ccccc4O)[nH]c3c2)c1OC. The maximum Gasteiger partial charge on any atom is 0.271 e. The Morgan fingerprint density at radius 1 is 1.10 bits per heavy atom. The molecule has 0 radical (unpaired) electrons. The molecule has 0 aliphatic carbocycles. The van der Waals surface area contributed by atoms with Gasteiger partial charge in [-0.3, -0.25) is 4.79 Å². The molecule has 0 saturated carbocycles. The van der Waals surface area contributed by atoms with Crippen molar-refractivity contribution >= 4 is 23.2 Å². The average Bonchev–Trinajstić information content (AvgIpc) is 3.22. The summed E-state index contributed by atoms with van der Waals surface area (Å²) in [6.45, 7) is 0. The monoisotopic (exact) mass is 416 g/mol. The molecule has 4 rings (SSSR count). The van der Waals surface area contributed by atoms with E-state index < -0.39 is 0 Å². The molecule has 31 heavy (non-hydrogen) atoms. The number of ether oxygens (including phenoxy) is 2. The van der Waals surface area contributed by atoms with E-state index >= 15 is 0 Å². The van der Waals surface area contributed by atoms with E-state index in [-0.39, 0.29) is 11.7 Å². The smallest absolute Gasteiger partial charge is 0.271 e. The zero-order chi connectivity index (χ0) is 21.8. The molecule has 0 fully saturated rings. The van der Waals surface area contributed by atoms with Crippen LogP contribution in [0.25, 0.3) is 22.4 Å². The Balaban J connectivity index is 1.53. The van der Waals surface area contributed by atoms with Crippen molar-refractivity contribution in [3.05, 3.63) is 71.8 Å². The van der Waals surface area contributed by atoms with Crippen molar-refractivity contribution < 1.29 is 19.4 Å². The first-order chi connectivity index (χ1) is 15.1. The van der Waals surface area contributed by atoms with Crippen molar-refractivity contribution in [2.24, 2.45) is 5.10 Å². The number of aromatic amines is 1. The molecule has 0 aliphatic rings. The zero-order valence-corrected chi connectivity index (χ0v) is 16.9. The lowest BCUT2D eigenvalue weighted by Gasteiger charge is -2.09. The Labute approximate surface area is 178 Å². The molecule has 8 nitrogen and oxygen atoms in total. The second-order valence-electron chi connectivity index (χ2n) is 6.62. The lowest BCUT2D eigenvalue weighted by molar-refractivity contribution is 0.0955. The van der Waals surface area contributed by atoms with Crippen LogP contribution in [0.5, 0.6) is 17.2 Å². The number of rotatable bonds is 6. The molecule has 8 heteroatoms. The number of nitrogens with one attached hydrogen (secondary N) is 2. The maximum absolute atomic E-state index is 12.5. The average molecular weight is 416 g/mol. The number of hydrogen-bond donors (Lipinski definition) is 3. The summed E-state index contributed by atoms with van der Waals surface area (Å²) in [4.78, 5) is 20.1. The van der Waals surface area contributed by atoms with Crippen LogP contribution in [0.1, 0.15) is 15.9 Å². The quantitative estimate of drug-likeness (QED) is 0.328. The Morgan fingerprint density at radius 3 is 2.71 bits per heavy atom. The third kappa shape index (κ3) is 4.04. The molecule has 0 spiro atoms. The fourth-order valence-corrected chi connectivity index (χ4v) is 3.19. The number of H-pyrrole nitrogens is 1. The van der Waals surface area contributed by atoms with Crippen LogP contribution in [-0.2, 0) is 0 Å². The fraction of sp³-hybridized carbons (Fsp3) is 0.0870. The third-order valence-corrected chi connectivity index (χ3v) is 4.71. The highest BCUT2D eigenvalue weighted by Crippen LogP contribution is 2.30. The fourth-order valence-electron chi connectivity index (χ4n) is 3.19. The number of aromatic nitrogens is 2. The van der Waals surface area contributed by atoms with Crippen molar-refractivity contribution in [1.82, 2.24) is 15.4 Å².